The van der Waals surface area contributed by atoms with E-state index in [4.69, 9.17) is 14.9 Å². The molecule has 1 unspecified atom stereocenters. The lowest BCUT2D eigenvalue weighted by molar-refractivity contribution is -0.0222. The van der Waals surface area contributed by atoms with Crippen LogP contribution in [0.5, 0.6) is 5.75 Å². The average molecular weight is 604 g/mol. The molecule has 0 bridgehead atoms. The molecule has 42 heavy (non-hydrogen) atoms. The fourth-order valence-electron chi connectivity index (χ4n) is 5.99. The van der Waals surface area contributed by atoms with Crippen molar-refractivity contribution in [3.63, 3.8) is 0 Å². The summed E-state index contributed by atoms with van der Waals surface area (Å²) in [6.45, 7) is 1.32. The first-order valence-electron chi connectivity index (χ1n) is 14.1. The molecule has 14 heteroatoms. The molecule has 1 aromatic carbocycles. The van der Waals surface area contributed by atoms with Crippen molar-refractivity contribution >= 4 is 21.5 Å². The van der Waals surface area contributed by atoms with E-state index in [9.17, 15) is 22.3 Å². The lowest BCUT2D eigenvalue weighted by Crippen LogP contribution is -2.40. The number of aliphatic hydroxyl groups is 1. The molecule has 3 N–H and O–H groups in total. The number of primary sulfonamides is 1. The van der Waals surface area contributed by atoms with Gasteiger partial charge in [0.05, 0.1) is 37.0 Å². The molecule has 3 aromatic rings. The van der Waals surface area contributed by atoms with E-state index in [0.717, 1.165) is 31.6 Å². The fraction of sp³-hybridized carbons (Fsp3) is 0.536. The molecule has 2 aromatic heterocycles. The van der Waals surface area contributed by atoms with Crippen LogP contribution in [0.4, 0.5) is 20.3 Å². The number of benzene rings is 1. The van der Waals surface area contributed by atoms with Crippen molar-refractivity contribution in [1.29, 1.82) is 0 Å². The minimum Gasteiger partial charge on any atom is -0.493 e. The maximum atomic E-state index is 13.8. The van der Waals surface area contributed by atoms with Gasteiger partial charge < -0.3 is 19.6 Å². The van der Waals surface area contributed by atoms with Crippen molar-refractivity contribution in [1.82, 2.24) is 20.0 Å². The molecule has 1 atom stereocenters. The van der Waals surface area contributed by atoms with Gasteiger partial charge in [-0.05, 0) is 60.9 Å². The minimum atomic E-state index is -4.03. The van der Waals surface area contributed by atoms with Crippen LogP contribution in [0.25, 0.3) is 17.1 Å². The third-order valence-electron chi connectivity index (χ3n) is 8.91. The monoisotopic (exact) mass is 603 g/mol. The maximum absolute atomic E-state index is 13.8. The van der Waals surface area contributed by atoms with Crippen molar-refractivity contribution in [2.45, 2.75) is 49.7 Å². The molecule has 11 nitrogen and oxygen atoms in total. The Morgan fingerprint density at radius 2 is 1.67 bits per heavy atom. The molecule has 2 saturated heterocycles. The molecule has 1 spiro atoms. The minimum absolute atomic E-state index is 0.159. The molecule has 3 aliphatic rings. The zero-order valence-electron chi connectivity index (χ0n) is 23.4. The number of aromatic nitrogens is 4. The van der Waals surface area contributed by atoms with Crippen molar-refractivity contribution in [3.05, 3.63) is 42.1 Å². The van der Waals surface area contributed by atoms with Crippen molar-refractivity contribution < 1.29 is 27.0 Å². The second-order valence-corrected chi connectivity index (χ2v) is 13.4. The van der Waals surface area contributed by atoms with Crippen LogP contribution in [0.3, 0.4) is 0 Å². The highest BCUT2D eigenvalue weighted by Crippen LogP contribution is 2.54. The summed E-state index contributed by atoms with van der Waals surface area (Å²) in [4.78, 5) is 8.74. The van der Waals surface area contributed by atoms with Crippen LogP contribution < -0.4 is 19.7 Å². The van der Waals surface area contributed by atoms with E-state index in [2.05, 4.69) is 15.2 Å². The number of rotatable bonds is 8. The Kier molecular flexibility index (Phi) is 7.34. The van der Waals surface area contributed by atoms with Gasteiger partial charge in [0.1, 0.15) is 10.9 Å². The molecule has 3 fully saturated rings. The Labute approximate surface area is 243 Å². The number of piperidine rings is 2. The van der Waals surface area contributed by atoms with E-state index in [1.807, 2.05) is 0 Å². The van der Waals surface area contributed by atoms with E-state index in [0.29, 0.717) is 39.6 Å². The van der Waals surface area contributed by atoms with Crippen LogP contribution in [-0.2, 0) is 10.0 Å². The number of sulfonamides is 1. The number of nitrogens with zero attached hydrogens (tertiary/aromatic N) is 6. The van der Waals surface area contributed by atoms with Gasteiger partial charge in [-0.2, -0.15) is 0 Å². The highest BCUT2D eigenvalue weighted by Gasteiger charge is 2.44. The predicted octanol–water partition coefficient (Wildman–Crippen LogP) is 3.28. The normalized spacial score (nSPS) is 20.5. The number of pyridine rings is 1. The Morgan fingerprint density at radius 1 is 0.976 bits per heavy atom. The zero-order chi connectivity index (χ0) is 29.7. The van der Waals surface area contributed by atoms with Gasteiger partial charge in [-0.1, -0.05) is 11.3 Å². The highest BCUT2D eigenvalue weighted by molar-refractivity contribution is 7.89. The summed E-state index contributed by atoms with van der Waals surface area (Å²) >= 11 is 0. The van der Waals surface area contributed by atoms with Crippen molar-refractivity contribution in [2.75, 3.05) is 49.7 Å². The number of halogens is 2. The molecular formula is C28H35F2N7O4S. The molecule has 4 heterocycles. The second-order valence-electron chi connectivity index (χ2n) is 11.6. The molecule has 0 radical (unpaired) electrons. The quantitative estimate of drug-likeness (QED) is 0.397. The summed E-state index contributed by atoms with van der Waals surface area (Å²) in [6.07, 6.45) is 5.83. The third-order valence-corrected chi connectivity index (χ3v) is 10.1. The SMILES string of the molecule is COc1ccc(-c2cn(-c3ccc(C(CO)S(N)(=O)=O)cc3N3CCC4(CC3)CC4)nn2)nc1N1CCC(F)(F)CC1. The number of anilines is 2. The Hall–Kier alpha value is -3.36. The van der Waals surface area contributed by atoms with Crippen LogP contribution in [0, 0.1) is 5.41 Å². The molecule has 1 aliphatic carbocycles. The van der Waals surface area contributed by atoms with Crippen LogP contribution >= 0.6 is 0 Å². The number of aliphatic hydroxyl groups excluding tert-OH is 1. The van der Waals surface area contributed by atoms with E-state index >= 15 is 0 Å². The van der Waals surface area contributed by atoms with E-state index < -0.39 is 27.8 Å². The summed E-state index contributed by atoms with van der Waals surface area (Å²) in [5, 5.41) is 22.7. The number of hydrogen-bond acceptors (Lipinski definition) is 9. The summed E-state index contributed by atoms with van der Waals surface area (Å²) in [5.74, 6) is -1.72. The third kappa shape index (κ3) is 5.66. The van der Waals surface area contributed by atoms with Crippen LogP contribution in [0.1, 0.15) is 49.3 Å². The van der Waals surface area contributed by atoms with E-state index in [1.54, 1.807) is 46.1 Å². The molecule has 2 aliphatic heterocycles. The molecule has 1 saturated carbocycles. The van der Waals surface area contributed by atoms with Crippen molar-refractivity contribution in [2.24, 2.45) is 10.6 Å². The first-order valence-corrected chi connectivity index (χ1v) is 15.7. The lowest BCUT2D eigenvalue weighted by atomic mass is 9.93. The molecule has 6 rings (SSSR count). The Balaban J connectivity index is 1.34. The van der Waals surface area contributed by atoms with Gasteiger partial charge in [0.2, 0.25) is 10.0 Å². The standard InChI is InChI=1S/C28H35F2N7O4S/c1-41-24-5-3-20(32-26(24)36-14-10-28(29,30)11-15-36)21-17-37(34-33-21)22-4-2-19(25(18-38)42(31,39)40)16-23(22)35-12-8-27(6-7-27)9-13-35/h2-5,16-17,25,38H,6-15,18H2,1H3,(H2,31,39,40). The number of alkyl halides is 2. The molecule has 0 amide bonds. The van der Waals surface area contributed by atoms with Gasteiger partial charge in [-0.3, -0.25) is 0 Å². The second kappa shape index (κ2) is 10.7. The fourth-order valence-corrected chi connectivity index (χ4v) is 6.73. The molecular weight excluding hydrogens is 568 g/mol. The van der Waals surface area contributed by atoms with Gasteiger partial charge in [-0.15, -0.1) is 5.10 Å². The van der Waals surface area contributed by atoms with Gasteiger partial charge in [-0.25, -0.2) is 32.0 Å². The van der Waals surface area contributed by atoms with Gasteiger partial charge in [0.25, 0.3) is 5.92 Å². The summed E-state index contributed by atoms with van der Waals surface area (Å²) in [6, 6.07) is 8.65. The van der Waals surface area contributed by atoms with Gasteiger partial charge in [0, 0.05) is 39.0 Å². The Bertz CT molecular complexity index is 1560. The first kappa shape index (κ1) is 28.7. The maximum Gasteiger partial charge on any atom is 0.251 e. The number of ether oxygens (including phenoxy) is 1. The Morgan fingerprint density at radius 3 is 2.29 bits per heavy atom. The summed E-state index contributed by atoms with van der Waals surface area (Å²) < 4.78 is 59.1. The van der Waals surface area contributed by atoms with Crippen molar-refractivity contribution in [3.8, 4) is 22.8 Å². The smallest absolute Gasteiger partial charge is 0.251 e. The number of nitrogens with two attached hydrogens (primary N) is 1. The topological polar surface area (TPSA) is 140 Å². The van der Waals surface area contributed by atoms with Gasteiger partial charge >= 0.3 is 0 Å². The predicted molar refractivity (Wildman–Crippen MR) is 154 cm³/mol. The van der Waals surface area contributed by atoms with Crippen LogP contribution in [-0.4, -0.2) is 79.3 Å². The van der Waals surface area contributed by atoms with Crippen LogP contribution in [0.15, 0.2) is 36.5 Å². The summed E-state index contributed by atoms with van der Waals surface area (Å²) in [5.41, 5.74) is 3.30. The van der Waals surface area contributed by atoms with E-state index in [1.165, 1.54) is 20.0 Å². The van der Waals surface area contributed by atoms with Gasteiger partial charge in [0.15, 0.2) is 11.6 Å². The lowest BCUT2D eigenvalue weighted by Gasteiger charge is -2.35. The van der Waals surface area contributed by atoms with Crippen LogP contribution in [0.2, 0.25) is 0 Å². The number of methoxy groups -OCH3 is 1. The number of hydrogen-bond donors (Lipinski definition) is 2. The highest BCUT2D eigenvalue weighted by atomic mass is 32.2. The summed E-state index contributed by atoms with van der Waals surface area (Å²) in [7, 11) is -2.51. The largest absolute Gasteiger partial charge is 0.493 e. The zero-order valence-corrected chi connectivity index (χ0v) is 24.2. The molecule has 226 valence electrons. The average Bonchev–Trinajstić information content (AvgIpc) is 3.53. The van der Waals surface area contributed by atoms with E-state index in [-0.39, 0.29) is 25.9 Å². The first-order chi connectivity index (χ1) is 20.0.